The second-order valence-electron chi connectivity index (χ2n) is 5.62. The third-order valence-electron chi connectivity index (χ3n) is 3.98. The van der Waals surface area contributed by atoms with Gasteiger partial charge in [0.15, 0.2) is 0 Å². The lowest BCUT2D eigenvalue weighted by Gasteiger charge is -2.18. The first kappa shape index (κ1) is 16.2. The maximum absolute atomic E-state index is 13.4. The van der Waals surface area contributed by atoms with Gasteiger partial charge >= 0.3 is 0 Å². The summed E-state index contributed by atoms with van der Waals surface area (Å²) in [7, 11) is 1.55. The molecule has 0 saturated heterocycles. The molecule has 2 heterocycles. The summed E-state index contributed by atoms with van der Waals surface area (Å²) in [6.07, 6.45) is 3.28. The molecule has 0 bridgehead atoms. The number of amides is 1. The van der Waals surface area contributed by atoms with Crippen LogP contribution in [0.3, 0.4) is 0 Å². The van der Waals surface area contributed by atoms with Crippen molar-refractivity contribution in [2.24, 2.45) is 0 Å². The number of rotatable bonds is 4. The van der Waals surface area contributed by atoms with Crippen LogP contribution in [0.4, 0.5) is 4.39 Å². The second-order valence-corrected chi connectivity index (χ2v) is 5.62. The molecule has 1 unspecified atom stereocenters. The number of aromatic nitrogens is 1. The van der Waals surface area contributed by atoms with Gasteiger partial charge < -0.3 is 14.8 Å². The Morgan fingerprint density at radius 3 is 3.17 bits per heavy atom. The second kappa shape index (κ2) is 7.29. The zero-order valence-electron chi connectivity index (χ0n) is 13.4. The molecule has 0 spiro atoms. The molecule has 1 aliphatic rings. The molecule has 24 heavy (non-hydrogen) atoms. The lowest BCUT2D eigenvalue weighted by Crippen LogP contribution is -2.30. The topological polar surface area (TPSA) is 60.5 Å². The number of carbonyl (C=O) groups excluding carboxylic acids is 1. The van der Waals surface area contributed by atoms with Crippen LogP contribution in [0.5, 0.6) is 11.5 Å². The molecule has 0 saturated carbocycles. The fourth-order valence-electron chi connectivity index (χ4n) is 2.84. The van der Waals surface area contributed by atoms with Crippen molar-refractivity contribution in [3.8, 4) is 11.5 Å². The van der Waals surface area contributed by atoms with Gasteiger partial charge in [0.1, 0.15) is 17.3 Å². The standard InChI is InChI=1S/C18H19FN2O3/c1-23-16-5-2-8-20-15(16)11-18(22)21-14-4-3-9-24-17-10-12(19)6-7-13(14)17/h2,5-8,10,14H,3-4,9,11H2,1H3,(H,21,22). The van der Waals surface area contributed by atoms with E-state index in [-0.39, 0.29) is 24.2 Å². The summed E-state index contributed by atoms with van der Waals surface area (Å²) < 4.78 is 24.2. The summed E-state index contributed by atoms with van der Waals surface area (Å²) in [6, 6.07) is 7.74. The van der Waals surface area contributed by atoms with Crippen molar-refractivity contribution < 1.29 is 18.7 Å². The van der Waals surface area contributed by atoms with E-state index in [4.69, 9.17) is 9.47 Å². The molecule has 1 aliphatic heterocycles. The van der Waals surface area contributed by atoms with Crippen LogP contribution in [-0.4, -0.2) is 24.6 Å². The third kappa shape index (κ3) is 3.64. The van der Waals surface area contributed by atoms with Gasteiger partial charge in [-0.3, -0.25) is 9.78 Å². The number of carbonyl (C=O) groups is 1. The number of fused-ring (bicyclic) bond motifs is 1. The lowest BCUT2D eigenvalue weighted by atomic mass is 10.0. The van der Waals surface area contributed by atoms with Gasteiger partial charge in [-0.05, 0) is 31.0 Å². The number of ether oxygens (including phenoxy) is 2. The minimum Gasteiger partial charge on any atom is -0.495 e. The van der Waals surface area contributed by atoms with Crippen LogP contribution < -0.4 is 14.8 Å². The molecule has 5 nitrogen and oxygen atoms in total. The van der Waals surface area contributed by atoms with E-state index in [1.54, 1.807) is 31.5 Å². The summed E-state index contributed by atoms with van der Waals surface area (Å²) in [5, 5.41) is 3.00. The van der Waals surface area contributed by atoms with Crippen molar-refractivity contribution in [1.82, 2.24) is 10.3 Å². The Hall–Kier alpha value is -2.63. The molecule has 1 atom stereocenters. The van der Waals surface area contributed by atoms with E-state index in [2.05, 4.69) is 10.3 Å². The Kier molecular flexibility index (Phi) is 4.93. The Balaban J connectivity index is 1.75. The minimum atomic E-state index is -0.348. The number of hydrogen-bond acceptors (Lipinski definition) is 4. The van der Waals surface area contributed by atoms with Crippen LogP contribution >= 0.6 is 0 Å². The van der Waals surface area contributed by atoms with Crippen molar-refractivity contribution in [3.63, 3.8) is 0 Å². The van der Waals surface area contributed by atoms with Crippen molar-refractivity contribution in [2.45, 2.75) is 25.3 Å². The summed E-state index contributed by atoms with van der Waals surface area (Å²) in [6.45, 7) is 0.511. The minimum absolute atomic E-state index is 0.123. The number of hydrogen-bond donors (Lipinski definition) is 1. The quantitative estimate of drug-likeness (QED) is 0.936. The van der Waals surface area contributed by atoms with Crippen LogP contribution in [0.1, 0.15) is 30.1 Å². The Labute approximate surface area is 139 Å². The SMILES string of the molecule is COc1cccnc1CC(=O)NC1CCCOc2cc(F)ccc21. The summed E-state index contributed by atoms with van der Waals surface area (Å²) in [5.74, 6) is 0.570. The maximum atomic E-state index is 13.4. The number of nitrogens with zero attached hydrogens (tertiary/aromatic N) is 1. The monoisotopic (exact) mass is 330 g/mol. The zero-order valence-corrected chi connectivity index (χ0v) is 13.4. The van der Waals surface area contributed by atoms with Crippen LogP contribution in [0.2, 0.25) is 0 Å². The number of benzene rings is 1. The normalized spacial score (nSPS) is 16.5. The Morgan fingerprint density at radius 1 is 1.46 bits per heavy atom. The van der Waals surface area contributed by atoms with E-state index in [9.17, 15) is 9.18 Å². The van der Waals surface area contributed by atoms with Gasteiger partial charge in [0.25, 0.3) is 0 Å². The van der Waals surface area contributed by atoms with Crippen LogP contribution in [-0.2, 0) is 11.2 Å². The fourth-order valence-corrected chi connectivity index (χ4v) is 2.84. The van der Waals surface area contributed by atoms with Gasteiger partial charge in [-0.15, -0.1) is 0 Å². The molecular weight excluding hydrogens is 311 g/mol. The van der Waals surface area contributed by atoms with Crippen LogP contribution in [0.25, 0.3) is 0 Å². The molecule has 1 aromatic carbocycles. The van der Waals surface area contributed by atoms with Crippen LogP contribution in [0, 0.1) is 5.82 Å². The zero-order chi connectivity index (χ0) is 16.9. The first-order chi connectivity index (χ1) is 11.7. The predicted octanol–water partition coefficient (Wildman–Crippen LogP) is 2.80. The molecule has 2 aromatic rings. The lowest BCUT2D eigenvalue weighted by molar-refractivity contribution is -0.121. The molecule has 0 aliphatic carbocycles. The largest absolute Gasteiger partial charge is 0.495 e. The molecule has 1 amide bonds. The summed E-state index contributed by atoms with van der Waals surface area (Å²) in [5.41, 5.74) is 1.39. The highest BCUT2D eigenvalue weighted by Crippen LogP contribution is 2.32. The van der Waals surface area contributed by atoms with E-state index in [0.717, 1.165) is 18.4 Å². The van der Waals surface area contributed by atoms with Crippen molar-refractivity contribution in [2.75, 3.05) is 13.7 Å². The molecule has 1 N–H and O–H groups in total. The summed E-state index contributed by atoms with van der Waals surface area (Å²) in [4.78, 5) is 16.6. The van der Waals surface area contributed by atoms with Gasteiger partial charge in [0, 0.05) is 17.8 Å². The van der Waals surface area contributed by atoms with Crippen molar-refractivity contribution in [1.29, 1.82) is 0 Å². The van der Waals surface area contributed by atoms with Crippen molar-refractivity contribution in [3.05, 3.63) is 53.6 Å². The van der Waals surface area contributed by atoms with Gasteiger partial charge in [-0.25, -0.2) is 4.39 Å². The first-order valence-electron chi connectivity index (χ1n) is 7.87. The van der Waals surface area contributed by atoms with Gasteiger partial charge in [0.05, 0.1) is 31.9 Å². The van der Waals surface area contributed by atoms with E-state index >= 15 is 0 Å². The average Bonchev–Trinajstić information content (AvgIpc) is 2.77. The smallest absolute Gasteiger partial charge is 0.226 e. The van der Waals surface area contributed by atoms with Crippen LogP contribution in [0.15, 0.2) is 36.5 Å². The summed E-state index contributed by atoms with van der Waals surface area (Å²) >= 11 is 0. The number of pyridine rings is 1. The Morgan fingerprint density at radius 2 is 2.33 bits per heavy atom. The number of methoxy groups -OCH3 is 1. The molecule has 1 aromatic heterocycles. The molecule has 0 radical (unpaired) electrons. The Bertz CT molecular complexity index is 736. The van der Waals surface area contributed by atoms with Crippen molar-refractivity contribution >= 4 is 5.91 Å². The number of nitrogens with one attached hydrogen (secondary N) is 1. The first-order valence-corrected chi connectivity index (χ1v) is 7.87. The van der Waals surface area contributed by atoms with E-state index in [1.807, 2.05) is 0 Å². The third-order valence-corrected chi connectivity index (χ3v) is 3.98. The molecule has 0 fully saturated rings. The van der Waals surface area contributed by atoms with Gasteiger partial charge in [-0.2, -0.15) is 0 Å². The van der Waals surface area contributed by atoms with Gasteiger partial charge in [-0.1, -0.05) is 6.07 Å². The maximum Gasteiger partial charge on any atom is 0.226 e. The highest BCUT2D eigenvalue weighted by Gasteiger charge is 2.22. The fraction of sp³-hybridized carbons (Fsp3) is 0.333. The van der Waals surface area contributed by atoms with E-state index in [0.29, 0.717) is 23.8 Å². The van der Waals surface area contributed by atoms with E-state index in [1.165, 1.54) is 12.1 Å². The van der Waals surface area contributed by atoms with E-state index < -0.39 is 0 Å². The molecule has 6 heteroatoms. The number of halogens is 1. The highest BCUT2D eigenvalue weighted by molar-refractivity contribution is 5.79. The van der Waals surface area contributed by atoms with Gasteiger partial charge in [0.2, 0.25) is 5.91 Å². The molecular formula is C18H19FN2O3. The highest BCUT2D eigenvalue weighted by atomic mass is 19.1. The average molecular weight is 330 g/mol. The molecule has 126 valence electrons. The predicted molar refractivity (Wildman–Crippen MR) is 86.5 cm³/mol. The molecule has 3 rings (SSSR count).